The number of nitrogens with zero attached hydrogens (tertiary/aromatic N) is 1. The molecule has 0 saturated heterocycles. The van der Waals surface area contributed by atoms with Gasteiger partial charge in [0, 0.05) is 7.05 Å². The van der Waals surface area contributed by atoms with E-state index in [0.29, 0.717) is 7.18 Å². The summed E-state index contributed by atoms with van der Waals surface area (Å²) in [4.78, 5) is 4.60. The van der Waals surface area contributed by atoms with Gasteiger partial charge in [-0.05, 0) is 98.9 Å². The predicted octanol–water partition coefficient (Wildman–Crippen LogP) is 23.4. The zero-order valence-electron chi connectivity index (χ0n) is 52.5. The minimum atomic E-state index is -1.27. The van der Waals surface area contributed by atoms with Crippen LogP contribution in [0.4, 0.5) is 0 Å². The molecule has 428 valence electrons. The van der Waals surface area contributed by atoms with Crippen molar-refractivity contribution >= 4 is 38.5 Å². The summed E-state index contributed by atoms with van der Waals surface area (Å²) in [6.07, 6.45) is 44.2. The van der Waals surface area contributed by atoms with Crippen LogP contribution in [0.3, 0.4) is 0 Å². The molecule has 0 aromatic heterocycles. The minimum Gasteiger partial charge on any atom is -0.357 e. The van der Waals surface area contributed by atoms with Gasteiger partial charge in [0.2, 0.25) is 0 Å². The van der Waals surface area contributed by atoms with Crippen LogP contribution in [0.2, 0.25) is 0 Å². The number of halogens is 1. The van der Waals surface area contributed by atoms with Crippen LogP contribution in [0, 0.1) is 32.6 Å². The number of alkyl halides is 3. The van der Waals surface area contributed by atoms with Crippen LogP contribution in [-0.2, 0) is 0 Å². The SMILES string of the molecule is C1=CCCC=C1.C=C(/C=C\C=C/C)/C(C)=C/C(C)=C(\C=CC)C1C=CC=CC(S)I1C.C=C(C)/C=C\CC=Cc1cc(-c2ccc(C(c3ccccc3C)N(C)C(=C)C#CC)cc2)ccc1C.CC.CC.CC.Cc1ccccc1. The molecule has 0 fully saturated rings. The summed E-state index contributed by atoms with van der Waals surface area (Å²) in [5.74, 6) is 6.11. The first-order valence-corrected chi connectivity index (χ1v) is 33.8. The molecule has 0 N–H and O–H groups in total. The van der Waals surface area contributed by atoms with E-state index in [1.165, 1.54) is 74.1 Å². The molecule has 80 heavy (non-hydrogen) atoms. The summed E-state index contributed by atoms with van der Waals surface area (Å²) in [5, 5.41) is 0. The van der Waals surface area contributed by atoms with Crippen LogP contribution in [0.5, 0.6) is 0 Å². The molecule has 1 nitrogen and oxygen atoms in total. The number of rotatable bonds is 15. The maximum atomic E-state index is 4.82. The standard InChI is InChI=1S/C35H37N.C23H31IS.C7H8.C6H8.3C2H6/c1-8-14-29(6)36(7)35(34-18-13-12-16-28(34)5)31-23-21-30(22-24-31)33-20-19-27(4)32(25-33)17-11-9-10-15-26(2)3;1-7-9-10-14-18(3)19(4)17-20(5)21(13-8-2)22-15-11-12-16-23(25)24(22)6;1-7-5-3-2-4-6-7;1-2-4-6-5-3-1;3*1-2/h10-13,15-25,35H,2,6,9H2,1,3-5,7H3;7-17,22-23,25H,3H2,1-2,4-6H3;2-6H,1H3;1-4H,5-6H2;3*1-2H3/b15-10-,17-11?;9-7-,13-8?,14-10-,19-17+,21-20+;;;;;. The van der Waals surface area contributed by atoms with E-state index >= 15 is 0 Å². The van der Waals surface area contributed by atoms with Crippen molar-refractivity contribution in [2.24, 2.45) is 0 Å². The van der Waals surface area contributed by atoms with Crippen molar-refractivity contribution < 1.29 is 0 Å². The number of thiol groups is 1. The molecule has 3 atom stereocenters. The Bertz CT molecular complexity index is 2820. The first kappa shape index (κ1) is 73.7. The van der Waals surface area contributed by atoms with E-state index in [9.17, 15) is 0 Å². The molecule has 0 saturated carbocycles. The van der Waals surface area contributed by atoms with Gasteiger partial charge in [-0.2, -0.15) is 0 Å². The topological polar surface area (TPSA) is 3.24 Å². The Kier molecular flexibility index (Phi) is 41.8. The number of allylic oxidation sites excluding steroid dienone is 23. The van der Waals surface area contributed by atoms with Crippen LogP contribution in [-0.4, -0.2) is 24.1 Å². The maximum absolute atomic E-state index is 4.82. The number of hydrogen-bond acceptors (Lipinski definition) is 2. The third kappa shape index (κ3) is 28.7. The fourth-order valence-electron chi connectivity index (χ4n) is 7.88. The summed E-state index contributed by atoms with van der Waals surface area (Å²) in [6, 6.07) is 34.4. The largest absolute Gasteiger partial charge is 0.357 e. The summed E-state index contributed by atoms with van der Waals surface area (Å²) in [5.41, 5.74) is 16.8. The van der Waals surface area contributed by atoms with Crippen molar-refractivity contribution in [2.75, 3.05) is 12.0 Å². The molecule has 2 aliphatic rings. The second kappa shape index (κ2) is 45.4. The van der Waals surface area contributed by atoms with Gasteiger partial charge < -0.3 is 4.90 Å². The van der Waals surface area contributed by atoms with Crippen molar-refractivity contribution in [1.82, 2.24) is 4.90 Å². The van der Waals surface area contributed by atoms with Gasteiger partial charge in [0.05, 0.1) is 11.7 Å². The van der Waals surface area contributed by atoms with Gasteiger partial charge in [-0.15, -0.1) is 0 Å². The molecular weight excluding hydrogens is 1100 g/mol. The molecular formula is C77H102INS. The van der Waals surface area contributed by atoms with Gasteiger partial charge >= 0.3 is 168 Å². The van der Waals surface area contributed by atoms with E-state index in [1.54, 1.807) is 0 Å². The minimum absolute atomic E-state index is 0.0392. The Morgan fingerprint density at radius 2 is 1.30 bits per heavy atom. The predicted molar refractivity (Wildman–Crippen MR) is 379 cm³/mol. The van der Waals surface area contributed by atoms with Crippen LogP contribution >= 0.6 is 32.4 Å². The fourth-order valence-corrected chi connectivity index (χ4v) is 13.1. The molecule has 6 rings (SSSR count). The Hall–Kier alpha value is -6.32. The molecule has 0 amide bonds. The van der Waals surface area contributed by atoms with Crippen LogP contribution in [0.15, 0.2) is 260 Å². The fraction of sp³-hybridized carbons (Fsp3) is 0.299. The Labute approximate surface area is 504 Å². The Balaban J connectivity index is 0.00000121. The quantitative estimate of drug-likeness (QED) is 0.0408. The molecule has 0 spiro atoms. The number of hydrogen-bond donors (Lipinski definition) is 1. The van der Waals surface area contributed by atoms with E-state index in [-0.39, 0.29) is 6.04 Å². The first-order valence-electron chi connectivity index (χ1n) is 28.7. The molecule has 0 radical (unpaired) electrons. The van der Waals surface area contributed by atoms with Crippen LogP contribution < -0.4 is 0 Å². The van der Waals surface area contributed by atoms with Gasteiger partial charge in [0.1, 0.15) is 0 Å². The van der Waals surface area contributed by atoms with E-state index in [0.717, 1.165) is 23.3 Å². The molecule has 1 aliphatic heterocycles. The summed E-state index contributed by atoms with van der Waals surface area (Å²) in [6.45, 7) is 43.0. The molecule has 1 aliphatic carbocycles. The summed E-state index contributed by atoms with van der Waals surface area (Å²) < 4.78 is 0.926. The molecule has 1 heterocycles. The second-order valence-corrected chi connectivity index (χ2v) is 25.8. The Morgan fingerprint density at radius 3 is 1.84 bits per heavy atom. The van der Waals surface area contributed by atoms with Gasteiger partial charge in [-0.3, -0.25) is 0 Å². The van der Waals surface area contributed by atoms with E-state index in [4.69, 9.17) is 12.6 Å². The van der Waals surface area contributed by atoms with Crippen molar-refractivity contribution in [2.45, 2.75) is 136 Å². The molecule has 3 unspecified atom stereocenters. The van der Waals surface area contributed by atoms with Crippen LogP contribution in [0.25, 0.3) is 17.2 Å². The molecule has 0 bridgehead atoms. The Morgan fingerprint density at radius 1 is 0.700 bits per heavy atom. The van der Waals surface area contributed by atoms with Crippen molar-refractivity contribution in [1.29, 1.82) is 0 Å². The van der Waals surface area contributed by atoms with E-state index in [2.05, 4.69) is 266 Å². The van der Waals surface area contributed by atoms with Crippen molar-refractivity contribution in [3.63, 3.8) is 0 Å². The zero-order chi connectivity index (χ0) is 60.3. The number of aryl methyl sites for hydroxylation is 3. The normalized spacial score (nSPS) is 15.3. The molecule has 3 heteroatoms. The van der Waals surface area contributed by atoms with Crippen molar-refractivity contribution in [3.05, 3.63) is 293 Å². The van der Waals surface area contributed by atoms with Crippen LogP contribution in [0.1, 0.15) is 142 Å². The monoisotopic (exact) mass is 1200 g/mol. The average molecular weight is 1200 g/mol. The second-order valence-electron chi connectivity index (χ2n) is 18.3. The maximum Gasteiger partial charge on any atom is 0.0811 e. The first-order chi connectivity index (χ1) is 38.6. The summed E-state index contributed by atoms with van der Waals surface area (Å²) in [7, 11) is 2.07. The zero-order valence-corrected chi connectivity index (χ0v) is 55.5. The summed E-state index contributed by atoms with van der Waals surface area (Å²) >= 11 is 3.54. The van der Waals surface area contributed by atoms with Gasteiger partial charge in [0.25, 0.3) is 0 Å². The smallest absolute Gasteiger partial charge is 0.0811 e. The van der Waals surface area contributed by atoms with E-state index in [1.807, 2.05) is 98.7 Å². The van der Waals surface area contributed by atoms with Gasteiger partial charge in [-0.25, -0.2) is 0 Å². The average Bonchev–Trinajstić information content (AvgIpc) is 3.64. The number of benzene rings is 4. The van der Waals surface area contributed by atoms with E-state index < -0.39 is 19.8 Å². The third-order valence-corrected chi connectivity index (χ3v) is 20.1. The van der Waals surface area contributed by atoms with Gasteiger partial charge in [-0.1, -0.05) is 217 Å². The van der Waals surface area contributed by atoms with Crippen molar-refractivity contribution in [3.8, 4) is 23.0 Å². The molecule has 4 aromatic rings. The third-order valence-electron chi connectivity index (χ3n) is 12.2. The van der Waals surface area contributed by atoms with Gasteiger partial charge in [0.15, 0.2) is 0 Å². The molecule has 4 aromatic carbocycles.